The molecule has 0 atom stereocenters. The zero-order chi connectivity index (χ0) is 93.7. The molecule has 0 saturated carbocycles. The van der Waals surface area contributed by atoms with Crippen molar-refractivity contribution in [2.24, 2.45) is 0 Å². The second kappa shape index (κ2) is 39.0. The molecular weight excluding hydrogens is 1700 g/mol. The third kappa shape index (κ3) is 18.0. The summed E-state index contributed by atoms with van der Waals surface area (Å²) in [6.45, 7) is 22.3. The number of ether oxygens (including phenoxy) is 1. The molecule has 0 spiro atoms. The fourth-order valence-electron chi connectivity index (χ4n) is 19.7. The van der Waals surface area contributed by atoms with Gasteiger partial charge in [0.2, 0.25) is 0 Å². The number of aryl methyl sites for hydroxylation is 8. The van der Waals surface area contributed by atoms with Gasteiger partial charge in [-0.15, -0.1) is 0 Å². The van der Waals surface area contributed by atoms with Crippen molar-refractivity contribution in [3.63, 3.8) is 0 Å². The summed E-state index contributed by atoms with van der Waals surface area (Å²) < 4.78 is 6.01. The largest absolute Gasteiger partial charge is 0.453 e. The van der Waals surface area contributed by atoms with Crippen LogP contribution in [0.25, 0.3) is 0 Å². The molecule has 8 nitrogen and oxygen atoms in total. The van der Waals surface area contributed by atoms with Gasteiger partial charge in [0.1, 0.15) is 8.07 Å². The number of nitrogens with zero attached hydrogens (tertiary/aromatic N) is 7. The van der Waals surface area contributed by atoms with Gasteiger partial charge in [0.25, 0.3) is 0 Å². The SMILES string of the molecule is Cc1ccc(N2c3ccccc3C(C)(C)c3ccccc32)cc1.Cc1ccc(N2c3ccccc3CCc3ccccc32)cc1.Cc1ccc(N2c3ccccc3N(c3ccccc3)c3ccccc32)cc1.Cc1ccc(N2c3ccccc3Oc3ccccc32)cc1.Cc1ccc(N2c3ccccc3Sc3ccccc32)cc1.Cc1ccc(N2c3ccccc3[Si](C)(C)c3ccccc32)cc1. The van der Waals surface area contributed by atoms with E-state index < -0.39 is 8.07 Å². The normalized spacial score (nSPS) is 13.5. The minimum absolute atomic E-state index is 0.00832. The Morgan fingerprint density at radius 1 is 0.204 bits per heavy atom. The Labute approximate surface area is 813 Å². The third-order valence-corrected chi connectivity index (χ3v) is 31.4. The van der Waals surface area contributed by atoms with Gasteiger partial charge in [0.05, 0.1) is 56.9 Å². The van der Waals surface area contributed by atoms with E-state index in [1.165, 1.54) is 178 Å². The van der Waals surface area contributed by atoms with Gasteiger partial charge in [0.15, 0.2) is 11.5 Å². The second-order valence-corrected chi connectivity index (χ2v) is 42.2. The molecule has 670 valence electrons. The molecule has 19 aromatic carbocycles. The van der Waals surface area contributed by atoms with Crippen LogP contribution in [0.1, 0.15) is 69.5 Å². The van der Waals surface area contributed by atoms with Crippen molar-refractivity contribution in [1.29, 1.82) is 0 Å². The Morgan fingerprint density at radius 3 is 0.766 bits per heavy atom. The van der Waals surface area contributed by atoms with Crippen LogP contribution in [0.2, 0.25) is 13.1 Å². The lowest BCUT2D eigenvalue weighted by molar-refractivity contribution is 0.477. The van der Waals surface area contributed by atoms with E-state index in [-0.39, 0.29) is 5.41 Å². The van der Waals surface area contributed by atoms with Crippen molar-refractivity contribution in [1.82, 2.24) is 0 Å². The van der Waals surface area contributed by atoms with Gasteiger partial charge in [-0.1, -0.05) is 345 Å². The van der Waals surface area contributed by atoms with E-state index in [2.05, 4.69) is 533 Å². The summed E-state index contributed by atoms with van der Waals surface area (Å²) >= 11 is 1.84. The maximum Gasteiger partial charge on any atom is 0.151 e. The highest BCUT2D eigenvalue weighted by molar-refractivity contribution is 7.99. The molecule has 25 rings (SSSR count). The highest BCUT2D eigenvalue weighted by Crippen LogP contribution is 2.57. The highest BCUT2D eigenvalue weighted by atomic mass is 32.2. The Hall–Kier alpha value is -15.9. The van der Waals surface area contributed by atoms with Crippen LogP contribution in [0, 0.1) is 41.5 Å². The lowest BCUT2D eigenvalue weighted by Crippen LogP contribution is -2.58. The van der Waals surface area contributed by atoms with Crippen molar-refractivity contribution >= 4 is 150 Å². The Balaban J connectivity index is 0.000000102. The van der Waals surface area contributed by atoms with E-state index in [1.807, 2.05) is 48.2 Å². The van der Waals surface area contributed by atoms with Crippen LogP contribution in [0.4, 0.5) is 119 Å². The van der Waals surface area contributed by atoms with E-state index in [4.69, 9.17) is 4.74 Å². The number of para-hydroxylation sites is 17. The first kappa shape index (κ1) is 89.0. The Kier molecular flexibility index (Phi) is 25.3. The molecule has 0 N–H and O–H groups in total. The smallest absolute Gasteiger partial charge is 0.151 e. The maximum atomic E-state index is 6.01. The van der Waals surface area contributed by atoms with Crippen LogP contribution >= 0.6 is 11.8 Å². The lowest BCUT2D eigenvalue weighted by atomic mass is 9.73. The Bertz CT molecular complexity index is 6940. The zero-order valence-electron chi connectivity index (χ0n) is 79.3. The molecule has 0 radical (unpaired) electrons. The minimum Gasteiger partial charge on any atom is -0.453 e. The number of anilines is 21. The van der Waals surface area contributed by atoms with E-state index in [9.17, 15) is 0 Å². The molecule has 0 saturated heterocycles. The zero-order valence-corrected chi connectivity index (χ0v) is 81.1. The van der Waals surface area contributed by atoms with E-state index in [1.54, 1.807) is 0 Å². The van der Waals surface area contributed by atoms with Crippen LogP contribution < -0.4 is 49.4 Å². The predicted molar refractivity (Wildman–Crippen MR) is 584 cm³/mol. The lowest BCUT2D eigenvalue weighted by Gasteiger charge is -2.42. The van der Waals surface area contributed by atoms with Crippen LogP contribution in [-0.4, -0.2) is 8.07 Å². The number of rotatable bonds is 7. The second-order valence-electron chi connectivity index (χ2n) is 36.8. The van der Waals surface area contributed by atoms with E-state index in [0.29, 0.717) is 0 Å². The Morgan fingerprint density at radius 2 is 0.423 bits per heavy atom. The first-order valence-electron chi connectivity index (χ1n) is 47.5. The molecule has 137 heavy (non-hydrogen) atoms. The standard InChI is InChI=1S/C25H20N2.C22H21N.C21H21NSi.C21H19N.C19H15NO.C19H15NS/c1-19-15-17-21(18-16-19)27-24-13-7-5-11-22(24)26(20-9-3-2-4-10-20)23-12-6-8-14-25(23)27;1-16-12-14-17(15-13-16)23-20-10-6-4-8-18(20)22(2,3)19-9-5-7-11-21(19)23;1-16-12-14-17(15-13-16)22-18-8-4-6-10-20(18)23(2,3)21-11-7-5-9-19(21)22;1-16-10-14-19(15-11-16)22-20-8-4-2-6-17(20)12-13-18-7-3-5-9-21(18)22;2*1-14-10-12-15(13-11-14)20-16-6-2-4-8-18(16)21-19-9-5-3-7-17(19)20/h2-18H,1H3;2*4-15H,1-3H3;2-11,14-15H,12-13H2,1H3;2*2-13H,1H3. The molecule has 6 heterocycles. The first-order chi connectivity index (χ1) is 67.0. The minimum atomic E-state index is -1.66. The van der Waals surface area contributed by atoms with Gasteiger partial charge in [-0.2, -0.15) is 0 Å². The fourth-order valence-corrected chi connectivity index (χ4v) is 23.7. The molecular formula is C127H111N7OSSi. The molecule has 0 aromatic heterocycles. The summed E-state index contributed by atoms with van der Waals surface area (Å²) in [5.41, 5.74) is 38.9. The average molecular weight is 1810 g/mol. The van der Waals surface area contributed by atoms with Crippen molar-refractivity contribution < 1.29 is 4.74 Å². The summed E-state index contributed by atoms with van der Waals surface area (Å²) in [5, 5.41) is 3.03. The summed E-state index contributed by atoms with van der Waals surface area (Å²) in [6, 6.07) is 167. The van der Waals surface area contributed by atoms with Crippen molar-refractivity contribution in [2.45, 2.75) is 96.5 Å². The predicted octanol–water partition coefficient (Wildman–Crippen LogP) is 35.0. The highest BCUT2D eigenvalue weighted by Gasteiger charge is 2.40. The van der Waals surface area contributed by atoms with Gasteiger partial charge < -0.3 is 39.0 Å². The fraction of sp³-hybridized carbons (Fsp3) is 0.102. The molecule has 0 fully saturated rings. The monoisotopic (exact) mass is 1810 g/mol. The molecule has 0 aliphatic carbocycles. The van der Waals surface area contributed by atoms with Crippen molar-refractivity contribution in [2.75, 3.05) is 34.3 Å². The third-order valence-electron chi connectivity index (χ3n) is 26.8. The number of hydrogen-bond acceptors (Lipinski definition) is 9. The molecule has 0 amide bonds. The molecule has 6 aliphatic rings. The molecule has 0 bridgehead atoms. The number of hydrogen-bond donors (Lipinski definition) is 0. The van der Waals surface area contributed by atoms with Crippen molar-refractivity contribution in [3.8, 4) is 11.5 Å². The number of benzene rings is 19. The molecule has 10 heteroatoms. The van der Waals surface area contributed by atoms with Crippen molar-refractivity contribution in [3.05, 3.63) is 523 Å². The quantitative estimate of drug-likeness (QED) is 0.145. The van der Waals surface area contributed by atoms with Gasteiger partial charge in [0, 0.05) is 77.8 Å². The van der Waals surface area contributed by atoms with Crippen LogP contribution in [0.3, 0.4) is 0 Å². The number of fused-ring (bicyclic) bond motifs is 12. The summed E-state index contributed by atoms with van der Waals surface area (Å²) in [4.78, 5) is 19.1. The molecule has 6 aliphatic heterocycles. The van der Waals surface area contributed by atoms with Crippen LogP contribution in [0.15, 0.2) is 477 Å². The molecule has 0 unspecified atom stereocenters. The first-order valence-corrected chi connectivity index (χ1v) is 51.3. The van der Waals surface area contributed by atoms with Gasteiger partial charge in [-0.05, 0) is 281 Å². The average Bonchev–Trinajstić information content (AvgIpc) is 1.07. The summed E-state index contributed by atoms with van der Waals surface area (Å²) in [6.07, 6.45) is 2.19. The van der Waals surface area contributed by atoms with Crippen LogP contribution in [0.5, 0.6) is 11.5 Å². The van der Waals surface area contributed by atoms with Gasteiger partial charge in [-0.3, -0.25) is 0 Å². The summed E-state index contributed by atoms with van der Waals surface area (Å²) in [5.74, 6) is 1.77. The maximum absolute atomic E-state index is 6.01. The topological polar surface area (TPSA) is 31.9 Å². The van der Waals surface area contributed by atoms with E-state index in [0.717, 1.165) is 41.4 Å². The summed E-state index contributed by atoms with van der Waals surface area (Å²) in [7, 11) is -1.66. The van der Waals surface area contributed by atoms with Crippen LogP contribution in [-0.2, 0) is 18.3 Å². The van der Waals surface area contributed by atoms with Gasteiger partial charge >= 0.3 is 0 Å². The van der Waals surface area contributed by atoms with Gasteiger partial charge in [-0.25, -0.2) is 0 Å². The molecule has 19 aromatic rings. The van der Waals surface area contributed by atoms with E-state index >= 15 is 0 Å².